The molecule has 0 aliphatic heterocycles. The summed E-state index contributed by atoms with van der Waals surface area (Å²) >= 11 is 0. The number of hydrogen-bond donors (Lipinski definition) is 2. The van der Waals surface area contributed by atoms with E-state index in [0.717, 1.165) is 57.8 Å². The van der Waals surface area contributed by atoms with Gasteiger partial charge in [0.15, 0.2) is 0 Å². The van der Waals surface area contributed by atoms with Gasteiger partial charge >= 0.3 is 13.8 Å². The molecule has 378 valence electrons. The predicted octanol–water partition coefficient (Wildman–Crippen LogP) is 17.3. The fourth-order valence-electron chi connectivity index (χ4n) is 8.01. The molecular weight excluding hydrogens is 818 g/mol. The van der Waals surface area contributed by atoms with E-state index in [1.165, 1.54) is 193 Å². The zero-order valence-electron chi connectivity index (χ0n) is 42.3. The largest absolute Gasteiger partial charge is 0.472 e. The number of phosphoric acid groups is 1. The van der Waals surface area contributed by atoms with Crippen molar-refractivity contribution in [3.8, 4) is 0 Å². The Morgan fingerprint density at radius 3 is 1.27 bits per heavy atom. The highest BCUT2D eigenvalue weighted by atomic mass is 31.2. The highest BCUT2D eigenvalue weighted by Crippen LogP contribution is 2.43. The van der Waals surface area contributed by atoms with Gasteiger partial charge in [-0.15, -0.1) is 0 Å². The fourth-order valence-corrected chi connectivity index (χ4v) is 8.77. The summed E-state index contributed by atoms with van der Waals surface area (Å²) in [5, 5.41) is 0. The second kappa shape index (κ2) is 52.7. The summed E-state index contributed by atoms with van der Waals surface area (Å²) in [6.07, 6.45) is 63.4. The Hall–Kier alpha value is -1.28. The van der Waals surface area contributed by atoms with Crippen LogP contribution in [-0.4, -0.2) is 49.9 Å². The van der Waals surface area contributed by atoms with Gasteiger partial charge in [-0.1, -0.05) is 249 Å². The standard InChI is InChI=1S/C55H106NO7P/c1-3-5-7-9-11-13-15-17-19-21-23-24-25-26-27-28-29-31-33-35-37-39-41-43-45-47-50-60-52-54(53-62-64(58,59)61-51-49-56)63-55(57)48-46-44-42-40-38-36-34-32-30-22-20-18-16-14-12-10-8-6-4-2/h12,14,18,20,30,32,54H,3-11,13,15-17,19,21-29,31,33-53,56H2,1-2H3,(H,58,59)/b14-12-,20-18-,32-30-. The van der Waals surface area contributed by atoms with Crippen LogP contribution in [0, 0.1) is 0 Å². The number of ether oxygens (including phenoxy) is 2. The molecule has 3 N–H and O–H groups in total. The van der Waals surface area contributed by atoms with Gasteiger partial charge in [0.1, 0.15) is 6.10 Å². The van der Waals surface area contributed by atoms with Crippen molar-refractivity contribution >= 4 is 13.8 Å². The minimum atomic E-state index is -4.29. The van der Waals surface area contributed by atoms with Crippen molar-refractivity contribution in [1.29, 1.82) is 0 Å². The van der Waals surface area contributed by atoms with E-state index in [9.17, 15) is 14.3 Å². The lowest BCUT2D eigenvalue weighted by molar-refractivity contribution is -0.154. The lowest BCUT2D eigenvalue weighted by atomic mass is 10.0. The van der Waals surface area contributed by atoms with E-state index in [2.05, 4.69) is 50.3 Å². The van der Waals surface area contributed by atoms with Crippen LogP contribution in [-0.2, 0) is 27.9 Å². The molecule has 0 bridgehead atoms. The van der Waals surface area contributed by atoms with Crippen LogP contribution in [0.5, 0.6) is 0 Å². The van der Waals surface area contributed by atoms with Gasteiger partial charge in [0.05, 0.1) is 19.8 Å². The molecule has 0 fully saturated rings. The monoisotopic (exact) mass is 924 g/mol. The number of carbonyl (C=O) groups is 1. The zero-order chi connectivity index (χ0) is 46.5. The summed E-state index contributed by atoms with van der Waals surface area (Å²) in [6.45, 7) is 4.93. The molecule has 0 spiro atoms. The van der Waals surface area contributed by atoms with E-state index in [-0.39, 0.29) is 32.3 Å². The minimum Gasteiger partial charge on any atom is -0.457 e. The average molecular weight is 924 g/mol. The maximum absolute atomic E-state index is 12.7. The van der Waals surface area contributed by atoms with Crippen LogP contribution in [0.25, 0.3) is 0 Å². The molecule has 2 atom stereocenters. The summed E-state index contributed by atoms with van der Waals surface area (Å²) in [5.41, 5.74) is 5.39. The molecule has 0 aromatic rings. The number of hydrogen-bond acceptors (Lipinski definition) is 7. The first-order valence-corrected chi connectivity index (χ1v) is 29.0. The molecule has 0 radical (unpaired) electrons. The van der Waals surface area contributed by atoms with Crippen LogP contribution in [0.1, 0.15) is 271 Å². The highest BCUT2D eigenvalue weighted by molar-refractivity contribution is 7.47. The number of rotatable bonds is 53. The maximum Gasteiger partial charge on any atom is 0.472 e. The third-order valence-corrected chi connectivity index (χ3v) is 13.0. The lowest BCUT2D eigenvalue weighted by Gasteiger charge is -2.20. The maximum atomic E-state index is 12.7. The molecule has 0 rings (SSSR count). The highest BCUT2D eigenvalue weighted by Gasteiger charge is 2.25. The Bertz CT molecular complexity index is 1080. The second-order valence-corrected chi connectivity index (χ2v) is 19.9. The average Bonchev–Trinajstić information content (AvgIpc) is 3.29. The Morgan fingerprint density at radius 1 is 0.469 bits per heavy atom. The van der Waals surface area contributed by atoms with Gasteiger partial charge in [-0.05, 0) is 51.4 Å². The number of nitrogens with two attached hydrogens (primary N) is 1. The van der Waals surface area contributed by atoms with Gasteiger partial charge in [0.25, 0.3) is 0 Å². The Kier molecular flexibility index (Phi) is 51.6. The summed E-state index contributed by atoms with van der Waals surface area (Å²) in [7, 11) is -4.29. The van der Waals surface area contributed by atoms with E-state index < -0.39 is 13.9 Å². The van der Waals surface area contributed by atoms with Crippen molar-refractivity contribution in [3.63, 3.8) is 0 Å². The number of esters is 1. The molecule has 0 aromatic heterocycles. The molecule has 0 saturated carbocycles. The van der Waals surface area contributed by atoms with Crippen molar-refractivity contribution < 1.29 is 32.8 Å². The number of unbranched alkanes of at least 4 members (excludes halogenated alkanes) is 34. The lowest BCUT2D eigenvalue weighted by Crippen LogP contribution is -2.28. The van der Waals surface area contributed by atoms with Crippen molar-refractivity contribution in [2.24, 2.45) is 5.73 Å². The van der Waals surface area contributed by atoms with Crippen LogP contribution >= 0.6 is 7.82 Å². The zero-order valence-corrected chi connectivity index (χ0v) is 43.2. The van der Waals surface area contributed by atoms with Crippen LogP contribution in [0.15, 0.2) is 36.5 Å². The summed E-state index contributed by atoms with van der Waals surface area (Å²) in [5.74, 6) is -0.338. The van der Waals surface area contributed by atoms with Crippen molar-refractivity contribution in [2.45, 2.75) is 277 Å². The van der Waals surface area contributed by atoms with Crippen molar-refractivity contribution in [1.82, 2.24) is 0 Å². The van der Waals surface area contributed by atoms with Crippen molar-refractivity contribution in [3.05, 3.63) is 36.5 Å². The molecule has 64 heavy (non-hydrogen) atoms. The van der Waals surface area contributed by atoms with Gasteiger partial charge in [-0.3, -0.25) is 13.8 Å². The summed E-state index contributed by atoms with van der Waals surface area (Å²) in [6, 6.07) is 0. The van der Waals surface area contributed by atoms with E-state index in [0.29, 0.717) is 13.0 Å². The SMILES string of the molecule is CCCCC/C=C\C/C=C\C/C=C\CCCCCCCCC(=O)OC(COCCCCCCCCCCCCCCCCCCCCCCCCCCCC)COP(=O)(O)OCCN. The molecule has 0 amide bonds. The second-order valence-electron chi connectivity index (χ2n) is 18.5. The first-order valence-electron chi connectivity index (χ1n) is 27.5. The quantitative estimate of drug-likeness (QED) is 0.0268. The molecular formula is C55H106NO7P. The summed E-state index contributed by atoms with van der Waals surface area (Å²) in [4.78, 5) is 22.6. The molecule has 0 aliphatic rings. The van der Waals surface area contributed by atoms with Gasteiger partial charge < -0.3 is 20.1 Å². The number of phosphoric ester groups is 1. The van der Waals surface area contributed by atoms with E-state index in [1.54, 1.807) is 0 Å². The first-order chi connectivity index (χ1) is 31.4. The van der Waals surface area contributed by atoms with Gasteiger partial charge in [-0.2, -0.15) is 0 Å². The van der Waals surface area contributed by atoms with Gasteiger partial charge in [0.2, 0.25) is 0 Å². The van der Waals surface area contributed by atoms with E-state index in [1.807, 2.05) is 0 Å². The normalized spacial score (nSPS) is 13.5. The smallest absolute Gasteiger partial charge is 0.457 e. The molecule has 0 aliphatic carbocycles. The van der Waals surface area contributed by atoms with Crippen LogP contribution in [0.4, 0.5) is 0 Å². The predicted molar refractivity (Wildman–Crippen MR) is 275 cm³/mol. The van der Waals surface area contributed by atoms with Crippen molar-refractivity contribution in [2.75, 3.05) is 33.0 Å². The topological polar surface area (TPSA) is 117 Å². The van der Waals surface area contributed by atoms with Crippen LogP contribution < -0.4 is 5.73 Å². The van der Waals surface area contributed by atoms with E-state index >= 15 is 0 Å². The fraction of sp³-hybridized carbons (Fsp3) is 0.873. The van der Waals surface area contributed by atoms with E-state index in [4.69, 9.17) is 24.3 Å². The molecule has 0 heterocycles. The Morgan fingerprint density at radius 2 is 0.828 bits per heavy atom. The Balaban J connectivity index is 3.87. The molecule has 0 saturated heterocycles. The van der Waals surface area contributed by atoms with Gasteiger partial charge in [-0.25, -0.2) is 4.57 Å². The van der Waals surface area contributed by atoms with Crippen LogP contribution in [0.2, 0.25) is 0 Å². The minimum absolute atomic E-state index is 0.0970. The third kappa shape index (κ3) is 51.7. The molecule has 0 aromatic carbocycles. The number of allylic oxidation sites excluding steroid dienone is 6. The molecule has 9 heteroatoms. The summed E-state index contributed by atoms with van der Waals surface area (Å²) < 4.78 is 33.6. The Labute approximate surface area is 397 Å². The number of carbonyl (C=O) groups excluding carboxylic acids is 1. The first kappa shape index (κ1) is 62.7. The van der Waals surface area contributed by atoms with Gasteiger partial charge in [0, 0.05) is 19.6 Å². The molecule has 2 unspecified atom stereocenters. The third-order valence-electron chi connectivity index (χ3n) is 12.1. The molecule has 8 nitrogen and oxygen atoms in total. The van der Waals surface area contributed by atoms with Crippen LogP contribution in [0.3, 0.4) is 0 Å².